The number of aromatic nitrogens is 5. The number of aryl methyl sites for hydroxylation is 1. The SMILES string of the molecule is Cc1ccccc1-n1c(SC(C)c2nnc(-c3ccccc3)o2)nnc1N1CCOCC1. The Kier molecular flexibility index (Phi) is 5.91. The maximum Gasteiger partial charge on any atom is 0.247 e. The Morgan fingerprint density at radius 3 is 2.44 bits per heavy atom. The Morgan fingerprint density at radius 1 is 0.906 bits per heavy atom. The van der Waals surface area contributed by atoms with Gasteiger partial charge >= 0.3 is 0 Å². The lowest BCUT2D eigenvalue weighted by Gasteiger charge is -2.28. The molecule has 5 rings (SSSR count). The number of nitrogens with zero attached hydrogens (tertiary/aromatic N) is 6. The Morgan fingerprint density at radius 2 is 1.66 bits per heavy atom. The van der Waals surface area contributed by atoms with Crippen LogP contribution in [0.3, 0.4) is 0 Å². The van der Waals surface area contributed by atoms with Crippen molar-refractivity contribution in [3.63, 3.8) is 0 Å². The van der Waals surface area contributed by atoms with Crippen LogP contribution in [0.2, 0.25) is 0 Å². The lowest BCUT2D eigenvalue weighted by Crippen LogP contribution is -2.38. The molecule has 2 aromatic heterocycles. The van der Waals surface area contributed by atoms with Crippen molar-refractivity contribution < 1.29 is 9.15 Å². The summed E-state index contributed by atoms with van der Waals surface area (Å²) in [4.78, 5) is 2.22. The fraction of sp³-hybridized carbons (Fsp3) is 0.304. The molecule has 0 amide bonds. The van der Waals surface area contributed by atoms with E-state index >= 15 is 0 Å². The number of morpholine rings is 1. The molecular formula is C23H24N6O2S. The molecule has 9 heteroatoms. The van der Waals surface area contributed by atoms with Gasteiger partial charge in [0.25, 0.3) is 0 Å². The average Bonchev–Trinajstić information content (AvgIpc) is 3.49. The monoisotopic (exact) mass is 448 g/mol. The highest BCUT2D eigenvalue weighted by molar-refractivity contribution is 7.99. The van der Waals surface area contributed by atoms with E-state index in [1.807, 2.05) is 49.4 Å². The quantitative estimate of drug-likeness (QED) is 0.404. The zero-order chi connectivity index (χ0) is 21.9. The van der Waals surface area contributed by atoms with Gasteiger partial charge in [0.1, 0.15) is 0 Å². The van der Waals surface area contributed by atoms with Crippen molar-refractivity contribution in [1.82, 2.24) is 25.0 Å². The largest absolute Gasteiger partial charge is 0.419 e. The lowest BCUT2D eigenvalue weighted by atomic mass is 10.2. The first-order valence-corrected chi connectivity index (χ1v) is 11.5. The van der Waals surface area contributed by atoms with Crippen LogP contribution in [0, 0.1) is 6.92 Å². The van der Waals surface area contributed by atoms with Crippen LogP contribution in [0.1, 0.15) is 23.6 Å². The topological polar surface area (TPSA) is 82.1 Å². The molecule has 8 nitrogen and oxygen atoms in total. The summed E-state index contributed by atoms with van der Waals surface area (Å²) >= 11 is 1.56. The first-order chi connectivity index (χ1) is 15.7. The third kappa shape index (κ3) is 4.13. The maximum absolute atomic E-state index is 5.97. The third-order valence-electron chi connectivity index (χ3n) is 5.36. The second-order valence-corrected chi connectivity index (χ2v) is 8.88. The summed E-state index contributed by atoms with van der Waals surface area (Å²) in [5, 5.41) is 18.3. The van der Waals surface area contributed by atoms with Gasteiger partial charge in [-0.2, -0.15) is 0 Å². The molecule has 2 aromatic carbocycles. The molecule has 0 saturated carbocycles. The van der Waals surface area contributed by atoms with E-state index in [1.54, 1.807) is 11.8 Å². The molecule has 1 atom stereocenters. The zero-order valence-corrected chi connectivity index (χ0v) is 18.8. The standard InChI is InChI=1S/C23H24N6O2S/c1-16-8-6-7-11-19(16)29-22(28-12-14-30-15-13-28)26-27-23(29)32-17(2)20-24-25-21(31-20)18-9-4-3-5-10-18/h3-11,17H,12-15H2,1-2H3. The van der Waals surface area contributed by atoms with Crippen molar-refractivity contribution in [1.29, 1.82) is 0 Å². The van der Waals surface area contributed by atoms with Gasteiger partial charge in [-0.05, 0) is 37.6 Å². The molecule has 1 aliphatic heterocycles. The maximum atomic E-state index is 5.97. The summed E-state index contributed by atoms with van der Waals surface area (Å²) in [5.74, 6) is 1.90. The van der Waals surface area contributed by atoms with Crippen molar-refractivity contribution in [2.75, 3.05) is 31.2 Å². The van der Waals surface area contributed by atoms with E-state index in [4.69, 9.17) is 9.15 Å². The summed E-state index contributed by atoms with van der Waals surface area (Å²) in [6.45, 7) is 7.08. The van der Waals surface area contributed by atoms with E-state index in [-0.39, 0.29) is 5.25 Å². The number of anilines is 1. The van der Waals surface area contributed by atoms with Crippen LogP contribution in [-0.4, -0.2) is 51.3 Å². The third-order valence-corrected chi connectivity index (χ3v) is 6.39. The summed E-state index contributed by atoms with van der Waals surface area (Å²) in [6.07, 6.45) is 0. The molecule has 0 spiro atoms. The molecule has 1 fully saturated rings. The smallest absolute Gasteiger partial charge is 0.247 e. The Labute approximate surface area is 190 Å². The average molecular weight is 449 g/mol. The molecule has 0 aliphatic carbocycles. The van der Waals surface area contributed by atoms with E-state index in [2.05, 4.69) is 48.9 Å². The van der Waals surface area contributed by atoms with Gasteiger partial charge in [0, 0.05) is 18.7 Å². The van der Waals surface area contributed by atoms with E-state index < -0.39 is 0 Å². The summed E-state index contributed by atoms with van der Waals surface area (Å²) in [6, 6.07) is 18.0. The fourth-order valence-corrected chi connectivity index (χ4v) is 4.52. The number of thioether (sulfide) groups is 1. The molecule has 164 valence electrons. The number of hydrogen-bond donors (Lipinski definition) is 0. The van der Waals surface area contributed by atoms with Gasteiger partial charge in [0.15, 0.2) is 5.16 Å². The zero-order valence-electron chi connectivity index (χ0n) is 18.0. The van der Waals surface area contributed by atoms with Crippen LogP contribution in [0.15, 0.2) is 64.2 Å². The second kappa shape index (κ2) is 9.13. The first-order valence-electron chi connectivity index (χ1n) is 10.6. The normalized spacial score (nSPS) is 15.1. The van der Waals surface area contributed by atoms with Crippen molar-refractivity contribution in [3.8, 4) is 17.1 Å². The van der Waals surface area contributed by atoms with Gasteiger partial charge in [-0.3, -0.25) is 4.57 Å². The molecule has 0 N–H and O–H groups in total. The van der Waals surface area contributed by atoms with Gasteiger partial charge in [-0.25, -0.2) is 0 Å². The van der Waals surface area contributed by atoms with Crippen LogP contribution in [-0.2, 0) is 4.74 Å². The molecule has 0 bridgehead atoms. The van der Waals surface area contributed by atoms with Gasteiger partial charge < -0.3 is 14.1 Å². The first kappa shape index (κ1) is 20.7. The molecule has 1 unspecified atom stereocenters. The van der Waals surface area contributed by atoms with Gasteiger partial charge in [-0.1, -0.05) is 48.2 Å². The number of para-hydroxylation sites is 1. The molecule has 0 radical (unpaired) electrons. The lowest BCUT2D eigenvalue weighted by molar-refractivity contribution is 0.122. The van der Waals surface area contributed by atoms with Crippen LogP contribution < -0.4 is 4.90 Å². The van der Waals surface area contributed by atoms with Gasteiger partial charge in [0.2, 0.25) is 17.7 Å². The predicted molar refractivity (Wildman–Crippen MR) is 123 cm³/mol. The summed E-state index contributed by atoms with van der Waals surface area (Å²) < 4.78 is 13.6. The molecular weight excluding hydrogens is 424 g/mol. The predicted octanol–water partition coefficient (Wildman–Crippen LogP) is 4.32. The van der Waals surface area contributed by atoms with Crippen molar-refractivity contribution in [3.05, 3.63) is 66.1 Å². The molecule has 3 heterocycles. The number of benzene rings is 2. The highest BCUT2D eigenvalue weighted by Crippen LogP contribution is 2.37. The van der Waals surface area contributed by atoms with Crippen LogP contribution in [0.4, 0.5) is 5.95 Å². The summed E-state index contributed by atoms with van der Waals surface area (Å²) in [7, 11) is 0. The summed E-state index contributed by atoms with van der Waals surface area (Å²) in [5.41, 5.74) is 3.12. The number of hydrogen-bond acceptors (Lipinski definition) is 8. The Hall–Kier alpha value is -3.17. The Balaban J connectivity index is 1.46. The van der Waals surface area contributed by atoms with Gasteiger partial charge in [-0.15, -0.1) is 20.4 Å². The Bertz CT molecular complexity index is 1190. The van der Waals surface area contributed by atoms with Gasteiger partial charge in [0.05, 0.1) is 24.2 Å². The van der Waals surface area contributed by atoms with Crippen LogP contribution in [0.25, 0.3) is 17.1 Å². The van der Waals surface area contributed by atoms with E-state index in [0.29, 0.717) is 25.0 Å². The minimum absolute atomic E-state index is 0.0931. The van der Waals surface area contributed by atoms with Crippen molar-refractivity contribution >= 4 is 17.7 Å². The molecule has 1 saturated heterocycles. The fourth-order valence-electron chi connectivity index (χ4n) is 3.64. The second-order valence-electron chi connectivity index (χ2n) is 7.58. The molecule has 1 aliphatic rings. The minimum Gasteiger partial charge on any atom is -0.419 e. The van der Waals surface area contributed by atoms with Crippen LogP contribution >= 0.6 is 11.8 Å². The highest BCUT2D eigenvalue weighted by Gasteiger charge is 2.25. The van der Waals surface area contributed by atoms with Crippen molar-refractivity contribution in [2.45, 2.75) is 24.3 Å². The number of rotatable bonds is 6. The molecule has 4 aromatic rings. The molecule has 32 heavy (non-hydrogen) atoms. The van der Waals surface area contributed by atoms with E-state index in [9.17, 15) is 0 Å². The van der Waals surface area contributed by atoms with E-state index in [1.165, 1.54) is 0 Å². The minimum atomic E-state index is -0.0931. The van der Waals surface area contributed by atoms with Crippen LogP contribution in [0.5, 0.6) is 0 Å². The highest BCUT2D eigenvalue weighted by atomic mass is 32.2. The van der Waals surface area contributed by atoms with Crippen molar-refractivity contribution in [2.24, 2.45) is 0 Å². The van der Waals surface area contributed by atoms with E-state index in [0.717, 1.165) is 41.0 Å². The number of ether oxygens (including phenoxy) is 1.